The Morgan fingerprint density at radius 1 is 1.00 bits per heavy atom. The van der Waals surface area contributed by atoms with Crippen LogP contribution in [0.15, 0.2) is 60.0 Å². The van der Waals surface area contributed by atoms with Gasteiger partial charge in [-0.15, -0.1) is 0 Å². The number of pyridine rings is 1. The summed E-state index contributed by atoms with van der Waals surface area (Å²) in [5.41, 5.74) is 3.81. The maximum atomic E-state index is 6.60. The zero-order valence-corrected chi connectivity index (χ0v) is 19.6. The van der Waals surface area contributed by atoms with Gasteiger partial charge in [0.25, 0.3) is 0 Å². The minimum absolute atomic E-state index is 0.0246. The topological polar surface area (TPSA) is 74.6 Å². The molecule has 3 aromatic rings. The van der Waals surface area contributed by atoms with Crippen LogP contribution in [-0.2, 0) is 0 Å². The molecule has 5 rings (SSSR count). The van der Waals surface area contributed by atoms with E-state index in [-0.39, 0.29) is 6.04 Å². The molecule has 0 spiro atoms. The van der Waals surface area contributed by atoms with Gasteiger partial charge in [-0.25, -0.2) is 5.01 Å². The van der Waals surface area contributed by atoms with Crippen molar-refractivity contribution in [3.63, 3.8) is 0 Å². The first-order valence-corrected chi connectivity index (χ1v) is 11.2. The number of benzene rings is 2. The number of hydrogen-bond donors (Lipinski definition) is 0. The van der Waals surface area contributed by atoms with Crippen LogP contribution in [-0.4, -0.2) is 43.6 Å². The molecule has 176 valence electrons. The summed E-state index contributed by atoms with van der Waals surface area (Å²) in [7, 11) is 4.79. The van der Waals surface area contributed by atoms with Crippen LogP contribution >= 0.6 is 0 Å². The number of methoxy groups -OCH3 is 3. The molecule has 34 heavy (non-hydrogen) atoms. The second kappa shape index (κ2) is 9.13. The third kappa shape index (κ3) is 3.65. The average molecular weight is 462 g/mol. The van der Waals surface area contributed by atoms with Gasteiger partial charge in [-0.2, -0.15) is 5.10 Å². The number of fused-ring (bicyclic) bond motifs is 3. The Kier molecular flexibility index (Phi) is 5.88. The molecule has 2 aromatic carbocycles. The van der Waals surface area contributed by atoms with E-state index in [0.29, 0.717) is 29.6 Å². The van der Waals surface area contributed by atoms with Gasteiger partial charge in [0.05, 0.1) is 39.7 Å². The van der Waals surface area contributed by atoms with E-state index in [4.69, 9.17) is 28.8 Å². The van der Waals surface area contributed by atoms with Gasteiger partial charge in [0.15, 0.2) is 23.0 Å². The summed E-state index contributed by atoms with van der Waals surface area (Å²) >= 11 is 0. The SMILES string of the molecule is CCOc1cccc2c1O[C@H](c1cc(OC)c(OC)c(OC)c1)N1N=C(c3cccnc3)C[C@H]21. The Bertz CT molecular complexity index is 1190. The lowest BCUT2D eigenvalue weighted by molar-refractivity contribution is -0.0214. The second-order valence-electron chi connectivity index (χ2n) is 7.92. The molecule has 0 radical (unpaired) electrons. The lowest BCUT2D eigenvalue weighted by Gasteiger charge is -2.39. The molecule has 0 amide bonds. The van der Waals surface area contributed by atoms with Gasteiger partial charge in [-0.05, 0) is 31.2 Å². The van der Waals surface area contributed by atoms with Crippen molar-refractivity contribution in [3.8, 4) is 28.7 Å². The first-order valence-electron chi connectivity index (χ1n) is 11.2. The lowest BCUT2D eigenvalue weighted by Crippen LogP contribution is -2.34. The maximum Gasteiger partial charge on any atom is 0.214 e. The number of rotatable bonds is 7. The van der Waals surface area contributed by atoms with Gasteiger partial charge < -0.3 is 23.7 Å². The van der Waals surface area contributed by atoms with E-state index in [1.165, 1.54) is 0 Å². The van der Waals surface area contributed by atoms with Crippen molar-refractivity contribution in [2.45, 2.75) is 25.6 Å². The van der Waals surface area contributed by atoms with Crippen LogP contribution in [0.5, 0.6) is 28.7 Å². The molecule has 0 fully saturated rings. The predicted octanol–water partition coefficient (Wildman–Crippen LogP) is 4.75. The molecule has 0 saturated heterocycles. The molecular formula is C26H27N3O5. The average Bonchev–Trinajstić information content (AvgIpc) is 3.34. The third-order valence-electron chi connectivity index (χ3n) is 6.05. The Balaban J connectivity index is 1.65. The van der Waals surface area contributed by atoms with Crippen LogP contribution in [0.25, 0.3) is 0 Å². The first-order chi connectivity index (χ1) is 16.7. The highest BCUT2D eigenvalue weighted by molar-refractivity contribution is 6.01. The fourth-order valence-electron chi connectivity index (χ4n) is 4.52. The molecular weight excluding hydrogens is 434 g/mol. The monoisotopic (exact) mass is 461 g/mol. The van der Waals surface area contributed by atoms with Crippen molar-refractivity contribution >= 4 is 5.71 Å². The van der Waals surface area contributed by atoms with E-state index < -0.39 is 6.23 Å². The second-order valence-corrected chi connectivity index (χ2v) is 7.92. The first kappa shape index (κ1) is 21.9. The standard InChI is InChI=1S/C26H27N3O5/c1-5-33-21-10-6-9-18-20-14-19(16-8-7-11-27-15-16)28-29(20)26(34-24(18)21)17-12-22(30-2)25(32-4)23(13-17)31-3/h6-13,15,20,26H,5,14H2,1-4H3/t20-,26-/m1/s1. The van der Waals surface area contributed by atoms with E-state index in [0.717, 1.165) is 34.6 Å². The van der Waals surface area contributed by atoms with Crippen LogP contribution < -0.4 is 23.7 Å². The smallest absolute Gasteiger partial charge is 0.214 e. The van der Waals surface area contributed by atoms with E-state index in [1.807, 2.05) is 54.5 Å². The molecule has 8 nitrogen and oxygen atoms in total. The minimum atomic E-state index is -0.526. The van der Waals surface area contributed by atoms with E-state index in [9.17, 15) is 0 Å². The van der Waals surface area contributed by atoms with Gasteiger partial charge in [-0.1, -0.05) is 18.2 Å². The predicted molar refractivity (Wildman–Crippen MR) is 127 cm³/mol. The summed E-state index contributed by atoms with van der Waals surface area (Å²) in [6.45, 7) is 2.50. The molecule has 8 heteroatoms. The van der Waals surface area contributed by atoms with Gasteiger partial charge in [0, 0.05) is 35.5 Å². The molecule has 0 bridgehead atoms. The van der Waals surface area contributed by atoms with E-state index in [2.05, 4.69) is 11.1 Å². The summed E-state index contributed by atoms with van der Waals surface area (Å²) in [4.78, 5) is 4.27. The van der Waals surface area contributed by atoms with Gasteiger partial charge in [0.1, 0.15) is 0 Å². The molecule has 2 aliphatic rings. The van der Waals surface area contributed by atoms with Crippen molar-refractivity contribution in [2.24, 2.45) is 5.10 Å². The highest BCUT2D eigenvalue weighted by atomic mass is 16.5. The fraction of sp³-hybridized carbons (Fsp3) is 0.308. The van der Waals surface area contributed by atoms with E-state index >= 15 is 0 Å². The quantitative estimate of drug-likeness (QED) is 0.503. The zero-order chi connectivity index (χ0) is 23.7. The number of para-hydroxylation sites is 1. The molecule has 2 atom stereocenters. The van der Waals surface area contributed by atoms with Gasteiger partial charge >= 0.3 is 0 Å². The Labute approximate surface area is 198 Å². The van der Waals surface area contributed by atoms with Crippen LogP contribution in [0.2, 0.25) is 0 Å². The summed E-state index contributed by atoms with van der Waals surface area (Å²) < 4.78 is 29.2. The Morgan fingerprint density at radius 3 is 2.44 bits per heavy atom. The number of hydrazone groups is 1. The van der Waals surface area contributed by atoms with Crippen LogP contribution in [0.3, 0.4) is 0 Å². The number of ether oxygens (including phenoxy) is 5. The molecule has 1 aromatic heterocycles. The van der Waals surface area contributed by atoms with Crippen LogP contribution in [0, 0.1) is 0 Å². The van der Waals surface area contributed by atoms with Crippen molar-refractivity contribution in [1.29, 1.82) is 0 Å². The van der Waals surface area contributed by atoms with Crippen molar-refractivity contribution in [1.82, 2.24) is 9.99 Å². The van der Waals surface area contributed by atoms with Crippen molar-refractivity contribution in [2.75, 3.05) is 27.9 Å². The minimum Gasteiger partial charge on any atom is -0.493 e. The number of nitrogens with zero attached hydrogens (tertiary/aromatic N) is 3. The van der Waals surface area contributed by atoms with Gasteiger partial charge in [-0.3, -0.25) is 4.98 Å². The summed E-state index contributed by atoms with van der Waals surface area (Å²) in [5.74, 6) is 3.07. The van der Waals surface area contributed by atoms with Gasteiger partial charge in [0.2, 0.25) is 12.0 Å². The maximum absolute atomic E-state index is 6.60. The molecule has 3 heterocycles. The summed E-state index contributed by atoms with van der Waals surface area (Å²) in [6.07, 6.45) is 3.79. The third-order valence-corrected chi connectivity index (χ3v) is 6.05. The fourth-order valence-corrected chi connectivity index (χ4v) is 4.52. The summed E-state index contributed by atoms with van der Waals surface area (Å²) in [6, 6.07) is 13.7. The normalized spacial score (nSPS) is 18.4. The number of hydrogen-bond acceptors (Lipinski definition) is 8. The molecule has 0 aliphatic carbocycles. The van der Waals surface area contributed by atoms with Crippen molar-refractivity contribution < 1.29 is 23.7 Å². The highest BCUT2D eigenvalue weighted by Crippen LogP contribution is 2.52. The zero-order valence-electron chi connectivity index (χ0n) is 19.6. The van der Waals surface area contributed by atoms with E-state index in [1.54, 1.807) is 27.5 Å². The van der Waals surface area contributed by atoms with Crippen molar-refractivity contribution in [3.05, 3.63) is 71.5 Å². The summed E-state index contributed by atoms with van der Waals surface area (Å²) in [5, 5.41) is 7.00. The number of aromatic nitrogens is 1. The molecule has 0 N–H and O–H groups in total. The molecule has 0 unspecified atom stereocenters. The Morgan fingerprint density at radius 2 is 1.79 bits per heavy atom. The Hall–Kier alpha value is -3.94. The highest BCUT2D eigenvalue weighted by Gasteiger charge is 2.42. The lowest BCUT2D eigenvalue weighted by atomic mass is 9.96. The van der Waals surface area contributed by atoms with Crippen LogP contribution in [0.4, 0.5) is 0 Å². The molecule has 2 aliphatic heterocycles. The molecule has 0 saturated carbocycles. The van der Waals surface area contributed by atoms with Crippen LogP contribution in [0.1, 0.15) is 42.3 Å². The largest absolute Gasteiger partial charge is 0.493 e.